The lowest BCUT2D eigenvalue weighted by Gasteiger charge is -2.04. The normalized spacial score (nSPS) is 10.3. The second kappa shape index (κ2) is 5.69. The molecule has 0 bridgehead atoms. The fraction of sp³-hybridized carbons (Fsp3) is 0.0909. The maximum Gasteiger partial charge on any atom is 0.304 e. The maximum atomic E-state index is 11.8. The Morgan fingerprint density at radius 3 is 2.89 bits per heavy atom. The molecule has 1 aromatic heterocycles. The van der Waals surface area contributed by atoms with Crippen LogP contribution in [0.3, 0.4) is 0 Å². The number of aromatic nitrogens is 1. The molecule has 0 saturated carbocycles. The summed E-state index contributed by atoms with van der Waals surface area (Å²) in [5.41, 5.74) is 1.15. The van der Waals surface area contributed by atoms with Gasteiger partial charge in [-0.25, -0.2) is 0 Å². The lowest BCUT2D eigenvalue weighted by Crippen LogP contribution is -2.23. The lowest BCUT2D eigenvalue weighted by molar-refractivity contribution is 0.0950. The van der Waals surface area contributed by atoms with Gasteiger partial charge in [-0.15, -0.1) is 0 Å². The molecule has 1 aromatic carbocycles. The minimum atomic E-state index is -0.239. The summed E-state index contributed by atoms with van der Waals surface area (Å²) in [6, 6.07) is 4.96. The van der Waals surface area contributed by atoms with Crippen LogP contribution in [0.2, 0.25) is 5.02 Å². The van der Waals surface area contributed by atoms with Gasteiger partial charge < -0.3 is 10.3 Å². The SMILES string of the molecule is O=C(NCc1csc(=O)[nH]1)c1ccc(Br)c(Cl)c1. The van der Waals surface area contributed by atoms with Crippen LogP contribution in [0.1, 0.15) is 16.1 Å². The van der Waals surface area contributed by atoms with E-state index in [0.29, 0.717) is 16.3 Å². The minimum Gasteiger partial charge on any atom is -0.346 e. The third-order valence-corrected chi connectivity index (χ3v) is 4.14. The zero-order valence-corrected chi connectivity index (χ0v) is 12.2. The molecule has 0 saturated heterocycles. The largest absolute Gasteiger partial charge is 0.346 e. The standard InChI is InChI=1S/C11H8BrClN2O2S/c12-8-2-1-6(3-9(8)13)10(16)14-4-7-5-18-11(17)15-7/h1-3,5H,4H2,(H,14,16)(H,15,17). The van der Waals surface area contributed by atoms with Crippen LogP contribution >= 0.6 is 38.9 Å². The summed E-state index contributed by atoms with van der Waals surface area (Å²) in [4.78, 5) is 25.2. The number of benzene rings is 1. The molecule has 1 heterocycles. The van der Waals surface area contributed by atoms with Crippen molar-refractivity contribution < 1.29 is 4.79 Å². The summed E-state index contributed by atoms with van der Waals surface area (Å²) in [7, 11) is 0. The van der Waals surface area contributed by atoms with Crippen molar-refractivity contribution >= 4 is 44.8 Å². The molecule has 0 radical (unpaired) electrons. The molecule has 2 aromatic rings. The first-order chi connectivity index (χ1) is 8.56. The third kappa shape index (κ3) is 3.22. The first-order valence-corrected chi connectivity index (χ1v) is 7.01. The predicted molar refractivity (Wildman–Crippen MR) is 75.3 cm³/mol. The molecule has 7 heteroatoms. The van der Waals surface area contributed by atoms with Crippen molar-refractivity contribution in [3.05, 3.63) is 54.0 Å². The van der Waals surface area contributed by atoms with Crippen LogP contribution in [-0.2, 0) is 6.54 Å². The van der Waals surface area contributed by atoms with Crippen molar-refractivity contribution in [2.45, 2.75) is 6.54 Å². The lowest BCUT2D eigenvalue weighted by atomic mass is 10.2. The van der Waals surface area contributed by atoms with Gasteiger partial charge in [-0.3, -0.25) is 9.59 Å². The van der Waals surface area contributed by atoms with E-state index in [1.54, 1.807) is 23.6 Å². The Morgan fingerprint density at radius 1 is 1.50 bits per heavy atom. The van der Waals surface area contributed by atoms with Crippen LogP contribution in [-0.4, -0.2) is 10.9 Å². The molecule has 2 rings (SSSR count). The van der Waals surface area contributed by atoms with Gasteiger partial charge in [0.1, 0.15) is 0 Å². The van der Waals surface area contributed by atoms with Crippen molar-refractivity contribution in [3.8, 4) is 0 Å². The zero-order chi connectivity index (χ0) is 13.1. The van der Waals surface area contributed by atoms with E-state index in [1.807, 2.05) is 0 Å². The van der Waals surface area contributed by atoms with E-state index in [-0.39, 0.29) is 17.3 Å². The topological polar surface area (TPSA) is 62.0 Å². The van der Waals surface area contributed by atoms with Crippen molar-refractivity contribution in [1.29, 1.82) is 0 Å². The van der Waals surface area contributed by atoms with E-state index in [2.05, 4.69) is 26.2 Å². The molecule has 0 atom stereocenters. The van der Waals surface area contributed by atoms with Gasteiger partial charge >= 0.3 is 4.87 Å². The monoisotopic (exact) mass is 346 g/mol. The molecule has 0 spiro atoms. The van der Waals surface area contributed by atoms with Crippen molar-refractivity contribution in [2.75, 3.05) is 0 Å². The Kier molecular flexibility index (Phi) is 4.21. The van der Waals surface area contributed by atoms with Gasteiger partial charge in [-0.05, 0) is 34.1 Å². The van der Waals surface area contributed by atoms with Crippen molar-refractivity contribution in [2.24, 2.45) is 0 Å². The molecule has 1 amide bonds. The quantitative estimate of drug-likeness (QED) is 0.897. The van der Waals surface area contributed by atoms with E-state index in [0.717, 1.165) is 15.8 Å². The summed E-state index contributed by atoms with van der Waals surface area (Å²) in [6.45, 7) is 0.283. The van der Waals surface area contributed by atoms with Crippen LogP contribution in [0.15, 0.2) is 32.8 Å². The summed E-state index contributed by atoms with van der Waals surface area (Å²) in [5, 5.41) is 4.85. The molecule has 0 aliphatic heterocycles. The number of carbonyl (C=O) groups excluding carboxylic acids is 1. The molecule has 0 aliphatic carbocycles. The summed E-state index contributed by atoms with van der Waals surface area (Å²) >= 11 is 10.2. The zero-order valence-electron chi connectivity index (χ0n) is 9.00. The van der Waals surface area contributed by atoms with E-state index >= 15 is 0 Å². The first kappa shape index (κ1) is 13.3. The van der Waals surface area contributed by atoms with E-state index in [9.17, 15) is 9.59 Å². The number of rotatable bonds is 3. The summed E-state index contributed by atoms with van der Waals surface area (Å²) < 4.78 is 0.739. The van der Waals surface area contributed by atoms with Crippen LogP contribution < -0.4 is 10.2 Å². The fourth-order valence-electron chi connectivity index (χ4n) is 1.32. The van der Waals surface area contributed by atoms with Crippen molar-refractivity contribution in [1.82, 2.24) is 10.3 Å². The number of aromatic amines is 1. The Labute approximate surface area is 120 Å². The van der Waals surface area contributed by atoms with Crippen LogP contribution in [0.25, 0.3) is 0 Å². The highest BCUT2D eigenvalue weighted by atomic mass is 79.9. The van der Waals surface area contributed by atoms with E-state index in [1.165, 1.54) is 0 Å². The van der Waals surface area contributed by atoms with Crippen LogP contribution in [0.5, 0.6) is 0 Å². The number of halogens is 2. The molecule has 0 unspecified atom stereocenters. The van der Waals surface area contributed by atoms with Crippen LogP contribution in [0, 0.1) is 0 Å². The van der Waals surface area contributed by atoms with Gasteiger partial charge in [0.25, 0.3) is 5.91 Å². The van der Waals surface area contributed by atoms with Gasteiger partial charge in [-0.2, -0.15) is 0 Å². The average molecular weight is 348 g/mol. The number of hydrogen-bond donors (Lipinski definition) is 2. The molecular weight excluding hydrogens is 340 g/mol. The molecule has 0 aliphatic rings. The Morgan fingerprint density at radius 2 is 2.28 bits per heavy atom. The number of hydrogen-bond acceptors (Lipinski definition) is 3. The Hall–Kier alpha value is -1.11. The number of H-pyrrole nitrogens is 1. The second-order valence-corrected chi connectivity index (χ2v) is 5.59. The van der Waals surface area contributed by atoms with Gasteiger partial charge in [-0.1, -0.05) is 22.9 Å². The molecule has 2 N–H and O–H groups in total. The third-order valence-electron chi connectivity index (χ3n) is 2.19. The summed E-state index contributed by atoms with van der Waals surface area (Å²) in [6.07, 6.45) is 0. The molecule has 94 valence electrons. The molecular formula is C11H8BrClN2O2S. The number of nitrogens with one attached hydrogen (secondary N) is 2. The average Bonchev–Trinajstić information content (AvgIpc) is 2.75. The Bertz CT molecular complexity index is 638. The summed E-state index contributed by atoms with van der Waals surface area (Å²) in [5.74, 6) is -0.239. The number of carbonyl (C=O) groups is 1. The van der Waals surface area contributed by atoms with Crippen molar-refractivity contribution in [3.63, 3.8) is 0 Å². The second-order valence-electron chi connectivity index (χ2n) is 3.48. The first-order valence-electron chi connectivity index (χ1n) is 4.96. The molecule has 18 heavy (non-hydrogen) atoms. The van der Waals surface area contributed by atoms with Gasteiger partial charge in [0.15, 0.2) is 0 Å². The van der Waals surface area contributed by atoms with E-state index < -0.39 is 0 Å². The van der Waals surface area contributed by atoms with Gasteiger partial charge in [0, 0.05) is 21.1 Å². The highest BCUT2D eigenvalue weighted by molar-refractivity contribution is 9.10. The highest BCUT2D eigenvalue weighted by Crippen LogP contribution is 2.23. The molecule has 0 fully saturated rings. The number of amides is 1. The Balaban J connectivity index is 2.03. The molecule has 4 nitrogen and oxygen atoms in total. The highest BCUT2D eigenvalue weighted by Gasteiger charge is 2.08. The predicted octanol–water partition coefficient (Wildman–Crippen LogP) is 2.78. The van der Waals surface area contributed by atoms with E-state index in [4.69, 9.17) is 11.6 Å². The smallest absolute Gasteiger partial charge is 0.304 e. The fourth-order valence-corrected chi connectivity index (χ4v) is 2.32. The maximum absolute atomic E-state index is 11.8. The van der Waals surface area contributed by atoms with Gasteiger partial charge in [0.05, 0.1) is 11.6 Å². The number of thiazole rings is 1. The van der Waals surface area contributed by atoms with Gasteiger partial charge in [0.2, 0.25) is 0 Å². The minimum absolute atomic E-state index is 0.133. The van der Waals surface area contributed by atoms with Crippen LogP contribution in [0.4, 0.5) is 0 Å².